The Morgan fingerprint density at radius 1 is 1.14 bits per heavy atom. The van der Waals surface area contributed by atoms with E-state index in [2.05, 4.69) is 0 Å². The number of nitrogens with zero attached hydrogens (tertiary/aromatic N) is 2. The van der Waals surface area contributed by atoms with Gasteiger partial charge in [-0.15, -0.1) is 0 Å². The van der Waals surface area contributed by atoms with Gasteiger partial charge in [-0.05, 0) is 38.8 Å². The summed E-state index contributed by atoms with van der Waals surface area (Å²) in [6.07, 6.45) is 0. The molecule has 0 atom stereocenters. The predicted octanol–water partition coefficient (Wildman–Crippen LogP) is 1.77. The van der Waals surface area contributed by atoms with Crippen LogP contribution in [0.25, 0.3) is 0 Å². The molecule has 122 valence electrons. The second-order valence-electron chi connectivity index (χ2n) is 6.73. The molecular formula is C16H24N2O3S. The maximum atomic E-state index is 12.6. The van der Waals surface area contributed by atoms with Gasteiger partial charge in [-0.2, -0.15) is 4.31 Å². The van der Waals surface area contributed by atoms with Crippen molar-refractivity contribution in [2.45, 2.75) is 39.0 Å². The molecule has 1 aromatic rings. The zero-order valence-electron chi connectivity index (χ0n) is 13.7. The summed E-state index contributed by atoms with van der Waals surface area (Å²) in [5, 5.41) is 0. The summed E-state index contributed by atoms with van der Waals surface area (Å²) >= 11 is 0. The molecule has 6 heteroatoms. The van der Waals surface area contributed by atoms with Gasteiger partial charge in [0.1, 0.15) is 0 Å². The van der Waals surface area contributed by atoms with Gasteiger partial charge < -0.3 is 4.90 Å². The maximum Gasteiger partial charge on any atom is 0.238 e. The van der Waals surface area contributed by atoms with E-state index in [1.165, 1.54) is 4.31 Å². The molecule has 0 N–H and O–H groups in total. The molecular weight excluding hydrogens is 300 g/mol. The third-order valence-electron chi connectivity index (χ3n) is 3.99. The van der Waals surface area contributed by atoms with Crippen LogP contribution >= 0.6 is 0 Å². The minimum Gasteiger partial charge on any atom is -0.335 e. The highest BCUT2D eigenvalue weighted by atomic mass is 32.2. The SMILES string of the molecule is Cc1ccccc1CS(=O)(=O)N1CCN(C(C)(C)C)C(=O)C1. The van der Waals surface area contributed by atoms with E-state index in [4.69, 9.17) is 0 Å². The van der Waals surface area contributed by atoms with Crippen LogP contribution in [-0.2, 0) is 20.6 Å². The van der Waals surface area contributed by atoms with Crippen molar-refractivity contribution in [3.05, 3.63) is 35.4 Å². The van der Waals surface area contributed by atoms with Crippen LogP contribution in [0.1, 0.15) is 31.9 Å². The lowest BCUT2D eigenvalue weighted by Gasteiger charge is -2.41. The first-order chi connectivity index (χ1) is 10.1. The fourth-order valence-corrected chi connectivity index (χ4v) is 4.22. The standard InChI is InChI=1S/C16H24N2O3S/c1-13-7-5-6-8-14(13)12-22(20,21)17-9-10-18(15(19)11-17)16(2,3)4/h5-8H,9-12H2,1-4H3. The number of hydrogen-bond donors (Lipinski definition) is 0. The van der Waals surface area contributed by atoms with Crippen LogP contribution in [0.4, 0.5) is 0 Å². The summed E-state index contributed by atoms with van der Waals surface area (Å²) in [6.45, 7) is 8.51. The second kappa shape index (κ2) is 6.01. The number of rotatable bonds is 3. The van der Waals surface area contributed by atoms with E-state index in [1.54, 1.807) is 4.90 Å². The molecule has 5 nitrogen and oxygen atoms in total. The molecule has 0 aromatic heterocycles. The molecule has 1 aliphatic rings. The third-order valence-corrected chi connectivity index (χ3v) is 5.76. The van der Waals surface area contributed by atoms with Crippen LogP contribution in [-0.4, -0.2) is 48.7 Å². The Morgan fingerprint density at radius 2 is 1.77 bits per heavy atom. The van der Waals surface area contributed by atoms with Crippen molar-refractivity contribution in [2.75, 3.05) is 19.6 Å². The van der Waals surface area contributed by atoms with Crippen LogP contribution in [0.2, 0.25) is 0 Å². The van der Waals surface area contributed by atoms with Gasteiger partial charge in [-0.25, -0.2) is 8.42 Å². The van der Waals surface area contributed by atoms with Crippen LogP contribution in [0.3, 0.4) is 0 Å². The Balaban J connectivity index is 2.13. The number of amides is 1. The van der Waals surface area contributed by atoms with Crippen molar-refractivity contribution >= 4 is 15.9 Å². The number of carbonyl (C=O) groups is 1. The lowest BCUT2D eigenvalue weighted by molar-refractivity contribution is -0.139. The Morgan fingerprint density at radius 3 is 2.32 bits per heavy atom. The van der Waals surface area contributed by atoms with Gasteiger partial charge in [-0.1, -0.05) is 24.3 Å². The summed E-state index contributed by atoms with van der Waals surface area (Å²) in [4.78, 5) is 14.0. The van der Waals surface area contributed by atoms with E-state index in [-0.39, 0.29) is 23.7 Å². The van der Waals surface area contributed by atoms with Gasteiger partial charge in [0.25, 0.3) is 0 Å². The Hall–Kier alpha value is -1.40. The monoisotopic (exact) mass is 324 g/mol. The highest BCUT2D eigenvalue weighted by Gasteiger charge is 2.36. The molecule has 0 aliphatic carbocycles. The molecule has 1 amide bonds. The van der Waals surface area contributed by atoms with Crippen LogP contribution < -0.4 is 0 Å². The molecule has 0 spiro atoms. The molecule has 0 saturated carbocycles. The van der Waals surface area contributed by atoms with Crippen LogP contribution in [0, 0.1) is 6.92 Å². The number of piperazine rings is 1. The summed E-state index contributed by atoms with van der Waals surface area (Å²) in [7, 11) is -3.47. The Bertz CT molecular complexity index is 662. The number of aryl methyl sites for hydroxylation is 1. The molecule has 0 radical (unpaired) electrons. The summed E-state index contributed by atoms with van der Waals surface area (Å²) < 4.78 is 26.4. The van der Waals surface area contributed by atoms with Gasteiger partial charge in [-0.3, -0.25) is 4.79 Å². The molecule has 0 bridgehead atoms. The fraction of sp³-hybridized carbons (Fsp3) is 0.562. The van der Waals surface area contributed by atoms with E-state index in [0.717, 1.165) is 11.1 Å². The van der Waals surface area contributed by atoms with E-state index in [9.17, 15) is 13.2 Å². The average molecular weight is 324 g/mol. The maximum absolute atomic E-state index is 12.6. The van der Waals surface area contributed by atoms with Crippen LogP contribution in [0.15, 0.2) is 24.3 Å². The third kappa shape index (κ3) is 3.67. The highest BCUT2D eigenvalue weighted by Crippen LogP contribution is 2.21. The van der Waals surface area contributed by atoms with Gasteiger partial charge in [0.2, 0.25) is 15.9 Å². The van der Waals surface area contributed by atoms with Gasteiger partial charge in [0, 0.05) is 18.6 Å². The van der Waals surface area contributed by atoms with Crippen molar-refractivity contribution in [3.63, 3.8) is 0 Å². The first-order valence-electron chi connectivity index (χ1n) is 7.44. The second-order valence-corrected chi connectivity index (χ2v) is 8.70. The molecule has 1 saturated heterocycles. The quantitative estimate of drug-likeness (QED) is 0.851. The van der Waals surface area contributed by atoms with E-state index >= 15 is 0 Å². The molecule has 1 aliphatic heterocycles. The predicted molar refractivity (Wildman–Crippen MR) is 86.8 cm³/mol. The fourth-order valence-electron chi connectivity index (χ4n) is 2.66. The van der Waals surface area contributed by atoms with Gasteiger partial charge in [0.15, 0.2) is 0 Å². The van der Waals surface area contributed by atoms with Crippen molar-refractivity contribution < 1.29 is 13.2 Å². The van der Waals surface area contributed by atoms with Crippen molar-refractivity contribution in [1.82, 2.24) is 9.21 Å². The Labute approximate surface area is 133 Å². The molecule has 22 heavy (non-hydrogen) atoms. The topological polar surface area (TPSA) is 57.7 Å². The normalized spacial score (nSPS) is 17.8. The Kier molecular flexibility index (Phi) is 4.63. The van der Waals surface area contributed by atoms with Crippen molar-refractivity contribution in [3.8, 4) is 0 Å². The number of sulfonamides is 1. The van der Waals surface area contributed by atoms with E-state index in [1.807, 2.05) is 52.0 Å². The number of benzene rings is 1. The summed E-state index contributed by atoms with van der Waals surface area (Å²) in [5.41, 5.74) is 1.46. The van der Waals surface area contributed by atoms with Crippen LogP contribution in [0.5, 0.6) is 0 Å². The minimum absolute atomic E-state index is 0.0531. The van der Waals surface area contributed by atoms with E-state index < -0.39 is 10.0 Å². The molecule has 1 aromatic carbocycles. The smallest absolute Gasteiger partial charge is 0.238 e. The van der Waals surface area contributed by atoms with Gasteiger partial charge in [0.05, 0.1) is 12.3 Å². The van der Waals surface area contributed by atoms with Gasteiger partial charge >= 0.3 is 0 Å². The molecule has 1 heterocycles. The van der Waals surface area contributed by atoms with Crippen molar-refractivity contribution in [1.29, 1.82) is 0 Å². The average Bonchev–Trinajstić information content (AvgIpc) is 2.39. The molecule has 1 fully saturated rings. The molecule has 2 rings (SSSR count). The lowest BCUT2D eigenvalue weighted by atomic mass is 10.1. The zero-order valence-corrected chi connectivity index (χ0v) is 14.5. The minimum atomic E-state index is -3.47. The number of hydrogen-bond acceptors (Lipinski definition) is 3. The molecule has 0 unspecified atom stereocenters. The van der Waals surface area contributed by atoms with E-state index in [0.29, 0.717) is 13.1 Å². The first-order valence-corrected chi connectivity index (χ1v) is 9.05. The lowest BCUT2D eigenvalue weighted by Crippen LogP contribution is -2.58. The number of carbonyl (C=O) groups excluding carboxylic acids is 1. The highest BCUT2D eigenvalue weighted by molar-refractivity contribution is 7.88. The zero-order chi connectivity index (χ0) is 16.5. The summed E-state index contributed by atoms with van der Waals surface area (Å²) in [5.74, 6) is -0.185. The summed E-state index contributed by atoms with van der Waals surface area (Å²) in [6, 6.07) is 7.44. The van der Waals surface area contributed by atoms with Crippen molar-refractivity contribution in [2.24, 2.45) is 0 Å². The first kappa shape index (κ1) is 17.0. The largest absolute Gasteiger partial charge is 0.335 e.